The fourth-order valence-corrected chi connectivity index (χ4v) is 2.22. The van der Waals surface area contributed by atoms with Crippen LogP contribution < -0.4 is 5.32 Å². The van der Waals surface area contributed by atoms with Crippen molar-refractivity contribution in [3.8, 4) is 0 Å². The number of rotatable bonds is 1. The smallest absolute Gasteiger partial charge is 0.221 e. The van der Waals surface area contributed by atoms with Gasteiger partial charge < -0.3 is 5.32 Å². The molecule has 0 atom stereocenters. The van der Waals surface area contributed by atoms with Crippen LogP contribution in [0.1, 0.15) is 6.92 Å². The van der Waals surface area contributed by atoms with Crippen LogP contribution in [0.25, 0.3) is 0 Å². The quantitative estimate of drug-likeness (QED) is 0.783. The first kappa shape index (κ1) is 9.98. The molecule has 12 heavy (non-hydrogen) atoms. The second kappa shape index (κ2) is 4.23. The van der Waals surface area contributed by atoms with Crippen LogP contribution in [-0.4, -0.2) is 5.91 Å². The Morgan fingerprint density at radius 1 is 1.58 bits per heavy atom. The minimum atomic E-state index is -0.0461. The molecule has 0 aliphatic rings. The molecule has 0 saturated heterocycles. The lowest BCUT2D eigenvalue weighted by Gasteiger charge is -2.04. The van der Waals surface area contributed by atoms with Gasteiger partial charge in [-0.1, -0.05) is 15.9 Å². The summed E-state index contributed by atoms with van der Waals surface area (Å²) in [5.74, 6) is -0.0461. The third-order valence-corrected chi connectivity index (χ3v) is 2.63. The highest BCUT2D eigenvalue weighted by Crippen LogP contribution is 2.22. The maximum absolute atomic E-state index is 10.7. The van der Waals surface area contributed by atoms with Gasteiger partial charge in [0, 0.05) is 15.0 Å². The van der Waals surface area contributed by atoms with Crippen molar-refractivity contribution >= 4 is 50.1 Å². The number of hydrogen-bond donors (Lipinski definition) is 1. The molecule has 1 N–H and O–H groups in total. The van der Waals surface area contributed by atoms with Crippen LogP contribution in [0.5, 0.6) is 0 Å². The Morgan fingerprint density at radius 2 is 2.25 bits per heavy atom. The van der Waals surface area contributed by atoms with Crippen LogP contribution in [0.2, 0.25) is 0 Å². The molecule has 0 aliphatic carbocycles. The predicted molar refractivity (Wildman–Crippen MR) is 61.2 cm³/mol. The minimum Gasteiger partial charge on any atom is -0.325 e. The van der Waals surface area contributed by atoms with Gasteiger partial charge in [-0.25, -0.2) is 0 Å². The van der Waals surface area contributed by atoms with E-state index in [-0.39, 0.29) is 5.91 Å². The molecule has 0 fully saturated rings. The lowest BCUT2D eigenvalue weighted by molar-refractivity contribution is -0.114. The van der Waals surface area contributed by atoms with Gasteiger partial charge in [-0.3, -0.25) is 4.79 Å². The highest BCUT2D eigenvalue weighted by Gasteiger charge is 2.00. The zero-order valence-electron chi connectivity index (χ0n) is 6.40. The van der Waals surface area contributed by atoms with Crippen LogP contribution in [0, 0.1) is 3.57 Å². The summed E-state index contributed by atoms with van der Waals surface area (Å²) in [6, 6.07) is 5.71. The number of anilines is 1. The van der Waals surface area contributed by atoms with Gasteiger partial charge >= 0.3 is 0 Å². The normalized spacial score (nSPS) is 9.58. The number of halogens is 2. The van der Waals surface area contributed by atoms with Crippen molar-refractivity contribution in [2.45, 2.75) is 6.92 Å². The molecule has 0 radical (unpaired) electrons. The molecule has 0 heterocycles. The predicted octanol–water partition coefficient (Wildman–Crippen LogP) is 3.01. The Bertz CT molecular complexity index is 314. The van der Waals surface area contributed by atoms with Gasteiger partial charge in [0.25, 0.3) is 0 Å². The van der Waals surface area contributed by atoms with E-state index in [1.807, 2.05) is 18.2 Å². The summed E-state index contributed by atoms with van der Waals surface area (Å²) in [6.45, 7) is 1.50. The molecule has 0 spiro atoms. The van der Waals surface area contributed by atoms with Gasteiger partial charge in [0.1, 0.15) is 0 Å². The topological polar surface area (TPSA) is 29.1 Å². The molecule has 0 unspecified atom stereocenters. The van der Waals surface area contributed by atoms with Crippen LogP contribution in [0.15, 0.2) is 22.7 Å². The summed E-state index contributed by atoms with van der Waals surface area (Å²) >= 11 is 5.52. The average Bonchev–Trinajstić information content (AvgIpc) is 1.94. The number of nitrogens with one attached hydrogen (secondary N) is 1. The van der Waals surface area contributed by atoms with E-state index < -0.39 is 0 Å². The zero-order valence-corrected chi connectivity index (χ0v) is 10.1. The van der Waals surface area contributed by atoms with Crippen LogP contribution >= 0.6 is 38.5 Å². The van der Waals surface area contributed by atoms with Crippen molar-refractivity contribution in [1.82, 2.24) is 0 Å². The first-order valence-electron chi connectivity index (χ1n) is 3.32. The van der Waals surface area contributed by atoms with Crippen LogP contribution in [0.3, 0.4) is 0 Å². The molecule has 64 valence electrons. The second-order valence-corrected chi connectivity index (χ2v) is 4.38. The molecule has 1 aromatic carbocycles. The van der Waals surface area contributed by atoms with Crippen molar-refractivity contribution in [1.29, 1.82) is 0 Å². The first-order chi connectivity index (χ1) is 5.59. The minimum absolute atomic E-state index is 0.0461. The number of amides is 1. The standard InChI is InChI=1S/C8H7BrINO/c1-5(12)11-8-3-2-6(9)4-7(8)10/h2-4H,1H3,(H,11,12). The fraction of sp³-hybridized carbons (Fsp3) is 0.125. The van der Waals surface area contributed by atoms with Gasteiger partial charge in [-0.2, -0.15) is 0 Å². The Hall–Kier alpha value is -0.100. The third-order valence-electron chi connectivity index (χ3n) is 1.24. The molecular formula is C8H7BrINO. The van der Waals surface area contributed by atoms with Crippen molar-refractivity contribution in [3.63, 3.8) is 0 Å². The van der Waals surface area contributed by atoms with Gasteiger partial charge in [-0.05, 0) is 40.8 Å². The lowest BCUT2D eigenvalue weighted by Crippen LogP contribution is -2.06. The van der Waals surface area contributed by atoms with Gasteiger partial charge in [0.2, 0.25) is 5.91 Å². The van der Waals surface area contributed by atoms with Crippen molar-refractivity contribution in [3.05, 3.63) is 26.2 Å². The van der Waals surface area contributed by atoms with Crippen molar-refractivity contribution < 1.29 is 4.79 Å². The summed E-state index contributed by atoms with van der Waals surface area (Å²) in [5, 5.41) is 2.73. The van der Waals surface area contributed by atoms with Crippen molar-refractivity contribution in [2.24, 2.45) is 0 Å². The molecular weight excluding hydrogens is 333 g/mol. The third kappa shape index (κ3) is 2.75. The van der Waals surface area contributed by atoms with E-state index in [2.05, 4.69) is 43.8 Å². The van der Waals surface area contributed by atoms with Crippen LogP contribution in [-0.2, 0) is 4.79 Å². The molecule has 1 amide bonds. The number of benzene rings is 1. The van der Waals surface area contributed by atoms with Crippen LogP contribution in [0.4, 0.5) is 5.69 Å². The summed E-state index contributed by atoms with van der Waals surface area (Å²) in [4.78, 5) is 10.7. The van der Waals surface area contributed by atoms with E-state index in [4.69, 9.17) is 0 Å². The lowest BCUT2D eigenvalue weighted by atomic mass is 10.3. The van der Waals surface area contributed by atoms with E-state index in [0.717, 1.165) is 13.7 Å². The molecule has 0 aromatic heterocycles. The monoisotopic (exact) mass is 339 g/mol. The zero-order chi connectivity index (χ0) is 9.14. The number of hydrogen-bond acceptors (Lipinski definition) is 1. The Labute approximate surface area is 93.0 Å². The maximum Gasteiger partial charge on any atom is 0.221 e. The Balaban J connectivity index is 2.93. The molecule has 1 aromatic rings. The van der Waals surface area contributed by atoms with E-state index in [1.165, 1.54) is 6.92 Å². The van der Waals surface area contributed by atoms with E-state index in [0.29, 0.717) is 0 Å². The fourth-order valence-electron chi connectivity index (χ4n) is 0.780. The van der Waals surface area contributed by atoms with E-state index in [9.17, 15) is 4.79 Å². The number of carbonyl (C=O) groups is 1. The molecule has 1 rings (SSSR count). The maximum atomic E-state index is 10.7. The van der Waals surface area contributed by atoms with Crippen molar-refractivity contribution in [2.75, 3.05) is 5.32 Å². The SMILES string of the molecule is CC(=O)Nc1ccc(Br)cc1I. The average molecular weight is 340 g/mol. The van der Waals surface area contributed by atoms with E-state index >= 15 is 0 Å². The Kier molecular flexibility index (Phi) is 3.52. The molecule has 0 saturated carbocycles. The summed E-state index contributed by atoms with van der Waals surface area (Å²) in [7, 11) is 0. The summed E-state index contributed by atoms with van der Waals surface area (Å²) < 4.78 is 2.04. The molecule has 0 bridgehead atoms. The summed E-state index contributed by atoms with van der Waals surface area (Å²) in [5.41, 5.74) is 0.853. The van der Waals surface area contributed by atoms with E-state index in [1.54, 1.807) is 0 Å². The van der Waals surface area contributed by atoms with Gasteiger partial charge in [0.05, 0.1) is 5.69 Å². The first-order valence-corrected chi connectivity index (χ1v) is 5.19. The highest BCUT2D eigenvalue weighted by molar-refractivity contribution is 14.1. The second-order valence-electron chi connectivity index (χ2n) is 2.31. The Morgan fingerprint density at radius 3 is 2.75 bits per heavy atom. The number of carbonyl (C=O) groups excluding carboxylic acids is 1. The molecule has 4 heteroatoms. The highest BCUT2D eigenvalue weighted by atomic mass is 127. The molecule has 0 aliphatic heterocycles. The van der Waals surface area contributed by atoms with Gasteiger partial charge in [0.15, 0.2) is 0 Å². The summed E-state index contributed by atoms with van der Waals surface area (Å²) in [6.07, 6.45) is 0. The largest absolute Gasteiger partial charge is 0.325 e. The van der Waals surface area contributed by atoms with Gasteiger partial charge in [-0.15, -0.1) is 0 Å². The molecule has 2 nitrogen and oxygen atoms in total.